The summed E-state index contributed by atoms with van der Waals surface area (Å²) in [4.78, 5) is 4.41. The van der Waals surface area contributed by atoms with Gasteiger partial charge in [-0.2, -0.15) is 0 Å². The standard InChI is InChI=1S/C11H17NOS/c1-7(2)9(13)8-6-14-10(12-8)11(3,4)5/h6,9,13H,1H2,2-5H3. The van der Waals surface area contributed by atoms with E-state index in [1.165, 1.54) is 0 Å². The van der Waals surface area contributed by atoms with Gasteiger partial charge in [-0.25, -0.2) is 4.98 Å². The van der Waals surface area contributed by atoms with Crippen molar-refractivity contribution in [2.45, 2.75) is 39.2 Å². The first-order chi connectivity index (χ1) is 6.32. The van der Waals surface area contributed by atoms with Crippen molar-refractivity contribution in [3.05, 3.63) is 28.2 Å². The summed E-state index contributed by atoms with van der Waals surface area (Å²) in [6.07, 6.45) is -0.623. The molecular weight excluding hydrogens is 194 g/mol. The summed E-state index contributed by atoms with van der Waals surface area (Å²) < 4.78 is 0. The van der Waals surface area contributed by atoms with Gasteiger partial charge in [0.05, 0.1) is 10.7 Å². The monoisotopic (exact) mass is 211 g/mol. The highest BCUT2D eigenvalue weighted by Gasteiger charge is 2.20. The maximum Gasteiger partial charge on any atom is 0.117 e. The second-order valence-corrected chi connectivity index (χ2v) is 5.43. The maximum atomic E-state index is 9.72. The molecular formula is C11H17NOS. The Morgan fingerprint density at radius 2 is 2.14 bits per heavy atom. The Hall–Kier alpha value is -0.670. The lowest BCUT2D eigenvalue weighted by molar-refractivity contribution is 0.211. The molecule has 78 valence electrons. The molecule has 0 saturated heterocycles. The Morgan fingerprint density at radius 1 is 1.57 bits per heavy atom. The van der Waals surface area contributed by atoms with Crippen LogP contribution in [0, 0.1) is 0 Å². The van der Waals surface area contributed by atoms with E-state index in [4.69, 9.17) is 0 Å². The van der Waals surface area contributed by atoms with E-state index < -0.39 is 6.10 Å². The molecule has 0 bridgehead atoms. The van der Waals surface area contributed by atoms with Crippen molar-refractivity contribution in [1.29, 1.82) is 0 Å². The third-order valence-corrected chi connectivity index (χ3v) is 3.20. The summed E-state index contributed by atoms with van der Waals surface area (Å²) in [6, 6.07) is 0. The molecule has 1 aromatic rings. The maximum absolute atomic E-state index is 9.72. The molecule has 0 fully saturated rings. The highest BCUT2D eigenvalue weighted by atomic mass is 32.1. The Balaban J connectivity index is 2.94. The van der Waals surface area contributed by atoms with Gasteiger partial charge in [-0.1, -0.05) is 27.4 Å². The summed E-state index contributed by atoms with van der Waals surface area (Å²) in [5.74, 6) is 0. The van der Waals surface area contributed by atoms with E-state index in [0.29, 0.717) is 5.69 Å². The van der Waals surface area contributed by atoms with Crippen molar-refractivity contribution in [1.82, 2.24) is 4.98 Å². The van der Waals surface area contributed by atoms with Crippen LogP contribution in [0.1, 0.15) is 44.5 Å². The van der Waals surface area contributed by atoms with Crippen molar-refractivity contribution >= 4 is 11.3 Å². The number of aliphatic hydroxyl groups is 1. The molecule has 0 aliphatic rings. The van der Waals surface area contributed by atoms with Crippen molar-refractivity contribution in [2.75, 3.05) is 0 Å². The van der Waals surface area contributed by atoms with Gasteiger partial charge in [0.2, 0.25) is 0 Å². The van der Waals surface area contributed by atoms with Gasteiger partial charge in [0.25, 0.3) is 0 Å². The third-order valence-electron chi connectivity index (χ3n) is 1.91. The number of nitrogens with zero attached hydrogens (tertiary/aromatic N) is 1. The Bertz CT molecular complexity index is 335. The number of hydrogen-bond donors (Lipinski definition) is 1. The summed E-state index contributed by atoms with van der Waals surface area (Å²) in [7, 11) is 0. The first-order valence-corrected chi connectivity index (χ1v) is 5.49. The van der Waals surface area contributed by atoms with Gasteiger partial charge in [-0.05, 0) is 12.5 Å². The highest BCUT2D eigenvalue weighted by Crippen LogP contribution is 2.29. The lowest BCUT2D eigenvalue weighted by Crippen LogP contribution is -2.11. The molecule has 0 aliphatic carbocycles. The normalized spacial score (nSPS) is 14.1. The van der Waals surface area contributed by atoms with Crippen molar-refractivity contribution in [3.63, 3.8) is 0 Å². The molecule has 2 nitrogen and oxygen atoms in total. The minimum atomic E-state index is -0.623. The average molecular weight is 211 g/mol. The molecule has 1 aromatic heterocycles. The van der Waals surface area contributed by atoms with Gasteiger partial charge >= 0.3 is 0 Å². The Kier molecular flexibility index (Phi) is 3.12. The summed E-state index contributed by atoms with van der Waals surface area (Å²) >= 11 is 1.59. The predicted molar refractivity (Wildman–Crippen MR) is 60.6 cm³/mol. The molecule has 0 spiro atoms. The topological polar surface area (TPSA) is 33.1 Å². The second kappa shape index (κ2) is 3.83. The van der Waals surface area contributed by atoms with E-state index in [1.54, 1.807) is 18.3 Å². The first kappa shape index (κ1) is 11.4. The lowest BCUT2D eigenvalue weighted by atomic mass is 9.98. The van der Waals surface area contributed by atoms with Gasteiger partial charge in [0, 0.05) is 10.8 Å². The molecule has 0 amide bonds. The average Bonchev–Trinajstić information content (AvgIpc) is 2.49. The molecule has 0 saturated carbocycles. The minimum absolute atomic E-state index is 0.0533. The molecule has 1 N–H and O–H groups in total. The van der Waals surface area contributed by atoms with Crippen LogP contribution in [-0.2, 0) is 5.41 Å². The first-order valence-electron chi connectivity index (χ1n) is 4.61. The molecule has 1 heterocycles. The summed E-state index contributed by atoms with van der Waals surface area (Å²) in [6.45, 7) is 11.9. The van der Waals surface area contributed by atoms with E-state index in [0.717, 1.165) is 10.6 Å². The molecule has 3 heteroatoms. The molecule has 14 heavy (non-hydrogen) atoms. The van der Waals surface area contributed by atoms with Crippen LogP contribution in [0.25, 0.3) is 0 Å². The lowest BCUT2D eigenvalue weighted by Gasteiger charge is -2.14. The summed E-state index contributed by atoms with van der Waals surface area (Å²) in [5, 5.41) is 12.7. The van der Waals surface area contributed by atoms with Crippen LogP contribution in [-0.4, -0.2) is 10.1 Å². The van der Waals surface area contributed by atoms with Gasteiger partial charge in [0.15, 0.2) is 0 Å². The van der Waals surface area contributed by atoms with Crippen LogP contribution in [0.4, 0.5) is 0 Å². The predicted octanol–water partition coefficient (Wildman–Crippen LogP) is 3.05. The molecule has 0 radical (unpaired) electrons. The van der Waals surface area contributed by atoms with Crippen LogP contribution in [0.2, 0.25) is 0 Å². The number of aliphatic hydroxyl groups excluding tert-OH is 1. The number of hydrogen-bond acceptors (Lipinski definition) is 3. The van der Waals surface area contributed by atoms with Crippen LogP contribution >= 0.6 is 11.3 Å². The minimum Gasteiger partial charge on any atom is -0.382 e. The van der Waals surface area contributed by atoms with Crippen LogP contribution in [0.3, 0.4) is 0 Å². The molecule has 0 aliphatic heterocycles. The van der Waals surface area contributed by atoms with E-state index >= 15 is 0 Å². The van der Waals surface area contributed by atoms with Crippen LogP contribution < -0.4 is 0 Å². The van der Waals surface area contributed by atoms with E-state index in [2.05, 4.69) is 32.3 Å². The van der Waals surface area contributed by atoms with E-state index in [-0.39, 0.29) is 5.41 Å². The van der Waals surface area contributed by atoms with Crippen molar-refractivity contribution in [3.8, 4) is 0 Å². The SMILES string of the molecule is C=C(C)C(O)c1csc(C(C)(C)C)n1. The highest BCUT2D eigenvalue weighted by molar-refractivity contribution is 7.09. The van der Waals surface area contributed by atoms with Crippen LogP contribution in [0.15, 0.2) is 17.5 Å². The van der Waals surface area contributed by atoms with Crippen molar-refractivity contribution in [2.24, 2.45) is 0 Å². The number of aromatic nitrogens is 1. The largest absolute Gasteiger partial charge is 0.382 e. The molecule has 1 unspecified atom stereocenters. The quantitative estimate of drug-likeness (QED) is 0.763. The van der Waals surface area contributed by atoms with Crippen molar-refractivity contribution < 1.29 is 5.11 Å². The molecule has 0 aromatic carbocycles. The fourth-order valence-corrected chi connectivity index (χ4v) is 1.93. The smallest absolute Gasteiger partial charge is 0.117 e. The van der Waals surface area contributed by atoms with Gasteiger partial charge in [0.1, 0.15) is 6.10 Å². The zero-order chi connectivity index (χ0) is 10.9. The van der Waals surface area contributed by atoms with Gasteiger partial charge < -0.3 is 5.11 Å². The zero-order valence-corrected chi connectivity index (χ0v) is 9.98. The summed E-state index contributed by atoms with van der Waals surface area (Å²) in [5.41, 5.74) is 1.50. The van der Waals surface area contributed by atoms with E-state index in [9.17, 15) is 5.11 Å². The Labute approximate surface area is 89.3 Å². The molecule has 1 rings (SSSR count). The second-order valence-electron chi connectivity index (χ2n) is 4.58. The van der Waals surface area contributed by atoms with Gasteiger partial charge in [-0.15, -0.1) is 11.3 Å². The van der Waals surface area contributed by atoms with E-state index in [1.807, 2.05) is 5.38 Å². The number of thiazole rings is 1. The van der Waals surface area contributed by atoms with Crippen LogP contribution in [0.5, 0.6) is 0 Å². The number of rotatable bonds is 2. The fraction of sp³-hybridized carbons (Fsp3) is 0.545. The third kappa shape index (κ3) is 2.42. The zero-order valence-electron chi connectivity index (χ0n) is 9.16. The van der Waals surface area contributed by atoms with Gasteiger partial charge in [-0.3, -0.25) is 0 Å². The molecule has 1 atom stereocenters. The fourth-order valence-electron chi connectivity index (χ4n) is 1.01. The Morgan fingerprint density at radius 3 is 2.50 bits per heavy atom.